The van der Waals surface area contributed by atoms with E-state index >= 15 is 0 Å². The highest BCUT2D eigenvalue weighted by molar-refractivity contribution is 7.19. The van der Waals surface area contributed by atoms with Gasteiger partial charge in [0.05, 0.1) is 11.9 Å². The molecular weight excluding hydrogens is 356 g/mol. The maximum absolute atomic E-state index is 6.39. The number of piperazine rings is 1. The lowest BCUT2D eigenvalue weighted by molar-refractivity contribution is 0.150. The summed E-state index contributed by atoms with van der Waals surface area (Å²) < 4.78 is 0. The third-order valence-electron chi connectivity index (χ3n) is 5.66. The number of nitrogens with two attached hydrogens (primary N) is 1. The predicted molar refractivity (Wildman–Crippen MR) is 109 cm³/mol. The Balaban J connectivity index is 1.46. The summed E-state index contributed by atoms with van der Waals surface area (Å²) >= 11 is 1.82. The van der Waals surface area contributed by atoms with E-state index in [0.29, 0.717) is 12.4 Å². The van der Waals surface area contributed by atoms with Crippen molar-refractivity contribution in [2.24, 2.45) is 0 Å². The highest BCUT2D eigenvalue weighted by atomic mass is 32.1. The van der Waals surface area contributed by atoms with Crippen LogP contribution in [0.15, 0.2) is 24.5 Å². The van der Waals surface area contributed by atoms with Gasteiger partial charge in [0.1, 0.15) is 16.5 Å². The van der Waals surface area contributed by atoms with Gasteiger partial charge < -0.3 is 11.1 Å². The van der Waals surface area contributed by atoms with Crippen LogP contribution >= 0.6 is 11.3 Å². The van der Waals surface area contributed by atoms with Crippen molar-refractivity contribution >= 4 is 27.4 Å². The predicted octanol–water partition coefficient (Wildman–Crippen LogP) is 2.69. The van der Waals surface area contributed by atoms with Crippen LogP contribution < -0.4 is 11.1 Å². The third kappa shape index (κ3) is 3.20. The van der Waals surface area contributed by atoms with Gasteiger partial charge >= 0.3 is 0 Å². The molecule has 0 amide bonds. The van der Waals surface area contributed by atoms with Crippen molar-refractivity contribution in [3.8, 4) is 0 Å². The Morgan fingerprint density at radius 3 is 3.07 bits per heavy atom. The number of aryl methyl sites for hydroxylation is 2. The monoisotopic (exact) mass is 380 g/mol. The number of aromatic nitrogens is 3. The molecule has 3 N–H and O–H groups in total. The summed E-state index contributed by atoms with van der Waals surface area (Å²) in [4.78, 5) is 18.9. The topological polar surface area (TPSA) is 80.0 Å². The Morgan fingerprint density at radius 1 is 1.26 bits per heavy atom. The number of hydrogen-bond donors (Lipinski definition) is 2. The maximum atomic E-state index is 6.39. The summed E-state index contributed by atoms with van der Waals surface area (Å²) in [6, 6.07) is 4.42. The zero-order valence-electron chi connectivity index (χ0n) is 15.3. The largest absolute Gasteiger partial charge is 0.383 e. The van der Waals surface area contributed by atoms with E-state index in [1.54, 1.807) is 0 Å². The van der Waals surface area contributed by atoms with Crippen molar-refractivity contribution in [1.29, 1.82) is 0 Å². The van der Waals surface area contributed by atoms with E-state index in [1.807, 2.05) is 29.8 Å². The number of anilines is 1. The van der Waals surface area contributed by atoms with E-state index in [9.17, 15) is 0 Å². The Kier molecular flexibility index (Phi) is 4.51. The number of pyridine rings is 1. The van der Waals surface area contributed by atoms with Crippen molar-refractivity contribution < 1.29 is 0 Å². The van der Waals surface area contributed by atoms with E-state index in [2.05, 4.69) is 21.3 Å². The molecule has 5 rings (SSSR count). The van der Waals surface area contributed by atoms with Gasteiger partial charge in [-0.05, 0) is 42.9 Å². The highest BCUT2D eigenvalue weighted by Crippen LogP contribution is 2.38. The number of rotatable bonds is 3. The molecule has 2 aliphatic rings. The Hall–Kier alpha value is -2.09. The zero-order chi connectivity index (χ0) is 18.2. The lowest BCUT2D eigenvalue weighted by Gasteiger charge is -2.35. The molecule has 3 aromatic heterocycles. The fourth-order valence-electron chi connectivity index (χ4n) is 4.32. The van der Waals surface area contributed by atoms with E-state index in [4.69, 9.17) is 15.7 Å². The fourth-order valence-corrected chi connectivity index (χ4v) is 5.61. The van der Waals surface area contributed by atoms with Crippen molar-refractivity contribution in [3.05, 3.63) is 46.4 Å². The summed E-state index contributed by atoms with van der Waals surface area (Å²) in [6.07, 6.45) is 8.56. The van der Waals surface area contributed by atoms with Gasteiger partial charge in [-0.15, -0.1) is 11.3 Å². The molecule has 140 valence electrons. The van der Waals surface area contributed by atoms with Crippen molar-refractivity contribution in [2.45, 2.75) is 38.3 Å². The molecule has 0 bridgehead atoms. The van der Waals surface area contributed by atoms with Crippen LogP contribution in [0, 0.1) is 0 Å². The Labute approximate surface area is 162 Å². The van der Waals surface area contributed by atoms with E-state index in [0.717, 1.165) is 48.5 Å². The van der Waals surface area contributed by atoms with Gasteiger partial charge in [-0.3, -0.25) is 9.88 Å². The molecule has 1 unspecified atom stereocenters. The van der Waals surface area contributed by atoms with Crippen LogP contribution in [-0.4, -0.2) is 39.5 Å². The molecule has 0 radical (unpaired) electrons. The number of nitrogens with one attached hydrogen (secondary N) is 1. The molecule has 0 spiro atoms. The van der Waals surface area contributed by atoms with Crippen molar-refractivity contribution in [1.82, 2.24) is 25.2 Å². The number of nitrogens with zero attached hydrogens (tertiary/aromatic N) is 4. The summed E-state index contributed by atoms with van der Waals surface area (Å²) in [6.45, 7) is 3.56. The second kappa shape index (κ2) is 7.14. The molecule has 4 heterocycles. The maximum Gasteiger partial charge on any atom is 0.146 e. The zero-order valence-corrected chi connectivity index (χ0v) is 16.1. The molecule has 6 nitrogen and oxygen atoms in total. The van der Waals surface area contributed by atoms with Crippen LogP contribution in [0.5, 0.6) is 0 Å². The van der Waals surface area contributed by atoms with E-state index in [-0.39, 0.29) is 6.04 Å². The van der Waals surface area contributed by atoms with Crippen LogP contribution in [0.2, 0.25) is 0 Å². The molecule has 1 fully saturated rings. The second-order valence-electron chi connectivity index (χ2n) is 7.39. The molecule has 1 atom stereocenters. The average Bonchev–Trinajstić information content (AvgIpc) is 3.08. The number of hydrogen-bond acceptors (Lipinski definition) is 7. The standard InChI is InChI=1S/C20H24N6S/c21-19-18-14-5-1-2-6-16(14)27-20(18)25-17(24-19)12-26-9-8-23-11-15(26)13-4-3-7-22-10-13/h3-4,7,10,15,23H,1-2,5-6,8-9,11-12H2,(H2,21,24,25). The first kappa shape index (κ1) is 17.0. The first-order chi connectivity index (χ1) is 13.3. The first-order valence-electron chi connectivity index (χ1n) is 9.71. The first-order valence-corrected chi connectivity index (χ1v) is 10.5. The summed E-state index contributed by atoms with van der Waals surface area (Å²) in [5, 5.41) is 4.60. The summed E-state index contributed by atoms with van der Waals surface area (Å²) in [7, 11) is 0. The number of nitrogen functional groups attached to an aromatic ring is 1. The van der Waals surface area contributed by atoms with Gasteiger partial charge in [-0.2, -0.15) is 0 Å². The van der Waals surface area contributed by atoms with Gasteiger partial charge in [0, 0.05) is 42.9 Å². The minimum atomic E-state index is 0.282. The highest BCUT2D eigenvalue weighted by Gasteiger charge is 2.26. The summed E-state index contributed by atoms with van der Waals surface area (Å²) in [5.74, 6) is 1.48. The van der Waals surface area contributed by atoms with Gasteiger partial charge in [0.2, 0.25) is 0 Å². The molecule has 1 aliphatic carbocycles. The second-order valence-corrected chi connectivity index (χ2v) is 8.48. The Morgan fingerprint density at radius 2 is 2.19 bits per heavy atom. The smallest absolute Gasteiger partial charge is 0.146 e. The van der Waals surface area contributed by atoms with Gasteiger partial charge in [-0.1, -0.05) is 6.07 Å². The minimum absolute atomic E-state index is 0.282. The fraction of sp³-hybridized carbons (Fsp3) is 0.450. The van der Waals surface area contributed by atoms with Crippen LogP contribution in [-0.2, 0) is 19.4 Å². The molecule has 3 aromatic rings. The molecule has 1 saturated heterocycles. The average molecular weight is 381 g/mol. The van der Waals surface area contributed by atoms with E-state index in [1.165, 1.54) is 28.8 Å². The van der Waals surface area contributed by atoms with Crippen molar-refractivity contribution in [3.63, 3.8) is 0 Å². The molecule has 27 heavy (non-hydrogen) atoms. The van der Waals surface area contributed by atoms with Crippen LogP contribution in [0.3, 0.4) is 0 Å². The number of thiophene rings is 1. The van der Waals surface area contributed by atoms with Crippen LogP contribution in [0.25, 0.3) is 10.2 Å². The third-order valence-corrected chi connectivity index (χ3v) is 6.84. The van der Waals surface area contributed by atoms with E-state index < -0.39 is 0 Å². The number of fused-ring (bicyclic) bond motifs is 3. The quantitative estimate of drug-likeness (QED) is 0.727. The SMILES string of the molecule is Nc1nc(CN2CCNCC2c2cccnc2)nc2sc3c(c12)CCCC3. The molecule has 1 aliphatic heterocycles. The van der Waals surface area contributed by atoms with Crippen LogP contribution in [0.1, 0.15) is 40.7 Å². The normalized spacial score (nSPS) is 20.7. The van der Waals surface area contributed by atoms with Gasteiger partial charge in [-0.25, -0.2) is 9.97 Å². The van der Waals surface area contributed by atoms with Gasteiger partial charge in [0.15, 0.2) is 0 Å². The van der Waals surface area contributed by atoms with Gasteiger partial charge in [0.25, 0.3) is 0 Å². The molecule has 0 aromatic carbocycles. The molecular formula is C20H24N6S. The lowest BCUT2D eigenvalue weighted by atomic mass is 9.97. The summed E-state index contributed by atoms with van der Waals surface area (Å²) in [5.41, 5.74) is 9.02. The lowest BCUT2D eigenvalue weighted by Crippen LogP contribution is -2.45. The Bertz CT molecular complexity index is 954. The molecule has 7 heteroatoms. The van der Waals surface area contributed by atoms with Crippen LogP contribution in [0.4, 0.5) is 5.82 Å². The molecule has 0 saturated carbocycles. The van der Waals surface area contributed by atoms with Crippen molar-refractivity contribution in [2.75, 3.05) is 25.4 Å². The minimum Gasteiger partial charge on any atom is -0.383 e.